The van der Waals surface area contributed by atoms with Gasteiger partial charge in [0, 0.05) is 35.8 Å². The van der Waals surface area contributed by atoms with Gasteiger partial charge in [-0.3, -0.25) is 10.1 Å². The Bertz CT molecular complexity index is 575. The molecule has 0 fully saturated rings. The first-order valence-electron chi connectivity index (χ1n) is 5.73. The summed E-state index contributed by atoms with van der Waals surface area (Å²) in [6, 6.07) is 5.22. The number of hydrogen-bond donors (Lipinski definition) is 0. The SMILES string of the molecule is Bc1cc([N+](=O)[O-])cc2ccn(CC(C)C)c12. The number of nitro benzene ring substituents is 1. The van der Waals surface area contributed by atoms with Crippen molar-refractivity contribution in [3.63, 3.8) is 0 Å². The molecule has 1 aromatic heterocycles. The molecule has 2 rings (SSSR count). The van der Waals surface area contributed by atoms with E-state index < -0.39 is 0 Å². The second-order valence-electron chi connectivity index (χ2n) is 4.82. The molecule has 0 N–H and O–H groups in total. The predicted octanol–water partition coefficient (Wildman–Crippen LogP) is 1.46. The van der Waals surface area contributed by atoms with Crippen molar-refractivity contribution >= 4 is 29.9 Å². The Morgan fingerprint density at radius 1 is 1.47 bits per heavy atom. The van der Waals surface area contributed by atoms with Gasteiger partial charge in [0.15, 0.2) is 0 Å². The van der Waals surface area contributed by atoms with Gasteiger partial charge in [-0.05, 0) is 12.0 Å². The van der Waals surface area contributed by atoms with Crippen molar-refractivity contribution in [2.45, 2.75) is 20.4 Å². The normalized spacial score (nSPS) is 11.2. The third-order valence-electron chi connectivity index (χ3n) is 2.81. The van der Waals surface area contributed by atoms with Crippen molar-refractivity contribution in [1.82, 2.24) is 4.57 Å². The van der Waals surface area contributed by atoms with Gasteiger partial charge < -0.3 is 4.57 Å². The fraction of sp³-hybridized carbons (Fsp3) is 0.333. The molecule has 0 spiro atoms. The van der Waals surface area contributed by atoms with E-state index in [1.165, 1.54) is 0 Å². The maximum absolute atomic E-state index is 10.8. The van der Waals surface area contributed by atoms with Gasteiger partial charge >= 0.3 is 0 Å². The van der Waals surface area contributed by atoms with Crippen LogP contribution in [0, 0.1) is 16.0 Å². The summed E-state index contributed by atoms with van der Waals surface area (Å²) in [5.74, 6) is 0.556. The lowest BCUT2D eigenvalue weighted by molar-refractivity contribution is -0.384. The highest BCUT2D eigenvalue weighted by molar-refractivity contribution is 6.38. The van der Waals surface area contributed by atoms with E-state index in [4.69, 9.17) is 0 Å². The topological polar surface area (TPSA) is 48.1 Å². The number of non-ortho nitro benzene ring substituents is 1. The molecule has 5 heteroatoms. The van der Waals surface area contributed by atoms with Crippen molar-refractivity contribution < 1.29 is 4.92 Å². The predicted molar refractivity (Wildman–Crippen MR) is 71.6 cm³/mol. The average Bonchev–Trinajstić information content (AvgIpc) is 2.60. The Morgan fingerprint density at radius 2 is 2.18 bits per heavy atom. The molecule has 0 aliphatic rings. The van der Waals surface area contributed by atoms with Crippen LogP contribution in [0.1, 0.15) is 13.8 Å². The molecular weight excluding hydrogens is 215 g/mol. The van der Waals surface area contributed by atoms with E-state index in [1.807, 2.05) is 20.1 Å². The largest absolute Gasteiger partial charge is 0.348 e. The zero-order chi connectivity index (χ0) is 12.6. The van der Waals surface area contributed by atoms with Crippen LogP contribution in [0.15, 0.2) is 24.4 Å². The molecule has 2 aromatic rings. The number of fused-ring (bicyclic) bond motifs is 1. The average molecular weight is 230 g/mol. The van der Waals surface area contributed by atoms with Crippen LogP contribution in [-0.4, -0.2) is 17.3 Å². The first-order valence-corrected chi connectivity index (χ1v) is 5.73. The molecule has 0 saturated carbocycles. The lowest BCUT2D eigenvalue weighted by Gasteiger charge is -2.10. The van der Waals surface area contributed by atoms with Crippen LogP contribution in [0.25, 0.3) is 10.9 Å². The van der Waals surface area contributed by atoms with Gasteiger partial charge in [-0.2, -0.15) is 0 Å². The molecular formula is C12H15BN2O2. The summed E-state index contributed by atoms with van der Waals surface area (Å²) in [4.78, 5) is 10.4. The Kier molecular flexibility index (Phi) is 2.92. The quantitative estimate of drug-likeness (QED) is 0.455. The van der Waals surface area contributed by atoms with Crippen molar-refractivity contribution in [1.29, 1.82) is 0 Å². The summed E-state index contributed by atoms with van der Waals surface area (Å²) in [5, 5.41) is 11.7. The molecule has 1 heterocycles. The van der Waals surface area contributed by atoms with Crippen molar-refractivity contribution in [3.8, 4) is 0 Å². The molecule has 0 amide bonds. The summed E-state index contributed by atoms with van der Waals surface area (Å²) >= 11 is 0. The number of aromatic nitrogens is 1. The smallest absolute Gasteiger partial charge is 0.269 e. The number of benzene rings is 1. The number of nitrogens with zero attached hydrogens (tertiary/aromatic N) is 2. The first kappa shape index (κ1) is 11.7. The summed E-state index contributed by atoms with van der Waals surface area (Å²) in [6.07, 6.45) is 2.00. The molecule has 0 radical (unpaired) electrons. The van der Waals surface area contributed by atoms with Crippen LogP contribution in [-0.2, 0) is 6.54 Å². The van der Waals surface area contributed by atoms with Gasteiger partial charge in [0.25, 0.3) is 5.69 Å². The maximum Gasteiger partial charge on any atom is 0.269 e. The third-order valence-corrected chi connectivity index (χ3v) is 2.81. The van der Waals surface area contributed by atoms with Crippen LogP contribution < -0.4 is 5.46 Å². The van der Waals surface area contributed by atoms with Crippen molar-refractivity contribution in [3.05, 3.63) is 34.5 Å². The molecule has 88 valence electrons. The second kappa shape index (κ2) is 4.24. The minimum absolute atomic E-state index is 0.164. The van der Waals surface area contributed by atoms with Gasteiger partial charge in [0.05, 0.1) is 4.92 Å². The van der Waals surface area contributed by atoms with Crippen LogP contribution in [0.5, 0.6) is 0 Å². The molecule has 0 unspecified atom stereocenters. The van der Waals surface area contributed by atoms with E-state index in [0.29, 0.717) is 5.92 Å². The Hall–Kier alpha value is -1.78. The van der Waals surface area contributed by atoms with Gasteiger partial charge in [0.1, 0.15) is 7.85 Å². The maximum atomic E-state index is 10.8. The molecule has 0 aliphatic carbocycles. The summed E-state index contributed by atoms with van der Waals surface area (Å²) in [5.41, 5.74) is 2.22. The highest BCUT2D eigenvalue weighted by Crippen LogP contribution is 2.20. The minimum Gasteiger partial charge on any atom is -0.348 e. The summed E-state index contributed by atoms with van der Waals surface area (Å²) in [7, 11) is 1.92. The Morgan fingerprint density at radius 3 is 2.76 bits per heavy atom. The minimum atomic E-state index is -0.341. The standard InChI is InChI=1S/C12H15BN2O2/c1-8(2)7-14-4-3-9-5-10(15(16)17)6-11(13)12(9)14/h3-6,8H,7,13H2,1-2H3. The number of hydrogen-bond acceptors (Lipinski definition) is 2. The van der Waals surface area contributed by atoms with Crippen LogP contribution in [0.3, 0.4) is 0 Å². The van der Waals surface area contributed by atoms with E-state index in [2.05, 4.69) is 18.4 Å². The highest BCUT2D eigenvalue weighted by Gasteiger charge is 2.12. The van der Waals surface area contributed by atoms with Crippen molar-refractivity contribution in [2.24, 2.45) is 5.92 Å². The Labute approximate surface area is 101 Å². The summed E-state index contributed by atoms with van der Waals surface area (Å²) < 4.78 is 2.17. The zero-order valence-corrected chi connectivity index (χ0v) is 10.3. The van der Waals surface area contributed by atoms with E-state index in [0.717, 1.165) is 22.9 Å². The van der Waals surface area contributed by atoms with E-state index in [1.54, 1.807) is 12.1 Å². The fourth-order valence-electron chi connectivity index (χ4n) is 2.20. The monoisotopic (exact) mass is 230 g/mol. The number of nitro groups is 1. The van der Waals surface area contributed by atoms with Crippen LogP contribution >= 0.6 is 0 Å². The molecule has 0 saturated heterocycles. The van der Waals surface area contributed by atoms with Gasteiger partial charge in [-0.25, -0.2) is 0 Å². The van der Waals surface area contributed by atoms with E-state index >= 15 is 0 Å². The van der Waals surface area contributed by atoms with Crippen LogP contribution in [0.4, 0.5) is 5.69 Å². The zero-order valence-electron chi connectivity index (χ0n) is 10.3. The Balaban J connectivity index is 2.58. The van der Waals surface area contributed by atoms with Crippen molar-refractivity contribution in [2.75, 3.05) is 0 Å². The molecule has 0 bridgehead atoms. The molecule has 17 heavy (non-hydrogen) atoms. The highest BCUT2D eigenvalue weighted by atomic mass is 16.6. The fourth-order valence-corrected chi connectivity index (χ4v) is 2.20. The van der Waals surface area contributed by atoms with Crippen LogP contribution in [0.2, 0.25) is 0 Å². The van der Waals surface area contributed by atoms with E-state index in [-0.39, 0.29) is 10.6 Å². The second-order valence-corrected chi connectivity index (χ2v) is 4.82. The van der Waals surface area contributed by atoms with E-state index in [9.17, 15) is 10.1 Å². The van der Waals surface area contributed by atoms with Gasteiger partial charge in [-0.1, -0.05) is 19.3 Å². The van der Waals surface area contributed by atoms with Gasteiger partial charge in [-0.15, -0.1) is 0 Å². The molecule has 1 aromatic carbocycles. The lowest BCUT2D eigenvalue weighted by Crippen LogP contribution is -2.12. The molecule has 0 aliphatic heterocycles. The first-order chi connectivity index (χ1) is 7.99. The molecule has 0 atom stereocenters. The summed E-state index contributed by atoms with van der Waals surface area (Å²) in [6.45, 7) is 5.25. The van der Waals surface area contributed by atoms with Gasteiger partial charge in [0.2, 0.25) is 0 Å². The third kappa shape index (κ3) is 2.18. The number of rotatable bonds is 3. The molecule has 4 nitrogen and oxygen atoms in total. The lowest BCUT2D eigenvalue weighted by atomic mass is 9.93.